The van der Waals surface area contributed by atoms with Crippen LogP contribution in [0.5, 0.6) is 11.5 Å². The number of methoxy groups -OCH3 is 1. The number of benzene rings is 2. The summed E-state index contributed by atoms with van der Waals surface area (Å²) in [4.78, 5) is 0. The molecule has 3 rings (SSSR count). The molecule has 1 atom stereocenters. The molecule has 0 unspecified atom stereocenters. The van der Waals surface area contributed by atoms with Crippen LogP contribution in [-0.4, -0.2) is 17.3 Å². The second-order valence-corrected chi connectivity index (χ2v) is 6.35. The molecular formula is C17H13Cl3N2O3. The van der Waals surface area contributed by atoms with Gasteiger partial charge in [0.05, 0.1) is 22.2 Å². The number of halogens is 3. The van der Waals surface area contributed by atoms with Crippen molar-refractivity contribution in [3.05, 3.63) is 57.4 Å². The van der Waals surface area contributed by atoms with Crippen LogP contribution < -0.4 is 9.47 Å². The quantitative estimate of drug-likeness (QED) is 0.504. The average Bonchev–Trinajstić information content (AvgIpc) is 3.10. The molecule has 0 spiro atoms. The number of hydrogen-bond donors (Lipinski definition) is 0. The van der Waals surface area contributed by atoms with E-state index in [-0.39, 0.29) is 0 Å². The summed E-state index contributed by atoms with van der Waals surface area (Å²) in [6.45, 7) is 1.77. The highest BCUT2D eigenvalue weighted by Crippen LogP contribution is 2.36. The van der Waals surface area contributed by atoms with Gasteiger partial charge in [-0.05, 0) is 37.3 Å². The summed E-state index contributed by atoms with van der Waals surface area (Å²) in [5.41, 5.74) is 0.777. The topological polar surface area (TPSA) is 57.4 Å². The molecule has 0 fully saturated rings. The number of hydrogen-bond acceptors (Lipinski definition) is 5. The minimum atomic E-state index is -0.519. The zero-order valence-electron chi connectivity index (χ0n) is 13.3. The molecule has 0 saturated carbocycles. The monoisotopic (exact) mass is 398 g/mol. The first-order chi connectivity index (χ1) is 12.0. The lowest BCUT2D eigenvalue weighted by molar-refractivity contribution is 0.190. The van der Waals surface area contributed by atoms with Crippen molar-refractivity contribution in [1.29, 1.82) is 0 Å². The van der Waals surface area contributed by atoms with E-state index in [1.807, 2.05) is 24.3 Å². The molecule has 8 heteroatoms. The normalized spacial score (nSPS) is 12.0. The Labute approximate surface area is 159 Å². The summed E-state index contributed by atoms with van der Waals surface area (Å²) < 4.78 is 16.6. The van der Waals surface area contributed by atoms with Crippen LogP contribution in [0.1, 0.15) is 18.9 Å². The number of rotatable bonds is 5. The van der Waals surface area contributed by atoms with Crippen LogP contribution in [0.3, 0.4) is 0 Å². The molecular weight excluding hydrogens is 387 g/mol. The zero-order valence-corrected chi connectivity index (χ0v) is 15.6. The Bertz CT molecular complexity index is 881. The van der Waals surface area contributed by atoms with E-state index in [1.165, 1.54) is 6.07 Å². The van der Waals surface area contributed by atoms with E-state index in [0.29, 0.717) is 32.6 Å². The van der Waals surface area contributed by atoms with Gasteiger partial charge in [0.2, 0.25) is 5.89 Å². The molecule has 5 nitrogen and oxygen atoms in total. The highest BCUT2D eigenvalue weighted by Gasteiger charge is 2.18. The number of nitrogens with zero attached hydrogens (tertiary/aromatic N) is 2. The van der Waals surface area contributed by atoms with Gasteiger partial charge in [0.1, 0.15) is 11.5 Å². The zero-order chi connectivity index (χ0) is 18.0. The van der Waals surface area contributed by atoms with Crippen LogP contribution in [0.25, 0.3) is 11.5 Å². The average molecular weight is 400 g/mol. The van der Waals surface area contributed by atoms with E-state index in [1.54, 1.807) is 20.1 Å². The smallest absolute Gasteiger partial charge is 0.257 e. The Hall–Kier alpha value is -1.95. The van der Waals surface area contributed by atoms with Crippen molar-refractivity contribution >= 4 is 34.8 Å². The molecule has 0 aliphatic heterocycles. The second kappa shape index (κ2) is 7.52. The minimum Gasteiger partial charge on any atom is -0.497 e. The van der Waals surface area contributed by atoms with Crippen LogP contribution in [0, 0.1) is 0 Å². The first-order valence-corrected chi connectivity index (χ1v) is 8.40. The molecule has 0 saturated heterocycles. The van der Waals surface area contributed by atoms with Crippen LogP contribution in [0.2, 0.25) is 15.1 Å². The van der Waals surface area contributed by atoms with E-state index >= 15 is 0 Å². The molecule has 2 aromatic carbocycles. The van der Waals surface area contributed by atoms with Crippen LogP contribution in [-0.2, 0) is 0 Å². The Kier molecular flexibility index (Phi) is 5.37. The third-order valence-corrected chi connectivity index (χ3v) is 4.42. The van der Waals surface area contributed by atoms with E-state index in [2.05, 4.69) is 10.2 Å². The van der Waals surface area contributed by atoms with Crippen molar-refractivity contribution in [2.75, 3.05) is 7.11 Å². The lowest BCUT2D eigenvalue weighted by Crippen LogP contribution is -2.04. The van der Waals surface area contributed by atoms with Gasteiger partial charge in [0.15, 0.2) is 6.10 Å². The Morgan fingerprint density at radius 2 is 1.64 bits per heavy atom. The Morgan fingerprint density at radius 1 is 0.960 bits per heavy atom. The van der Waals surface area contributed by atoms with Crippen LogP contribution in [0.4, 0.5) is 0 Å². The number of ether oxygens (including phenoxy) is 2. The standard InChI is InChI=1S/C17H13Cl3N2O3/c1-9(24-15-8-13(19)12(18)7-14(15)20)16-21-22-17(25-16)10-3-5-11(23-2)6-4-10/h3-9H,1-2H3/t9-/m0/s1. The molecule has 1 heterocycles. The van der Waals surface area contributed by atoms with E-state index in [4.69, 9.17) is 48.7 Å². The maximum Gasteiger partial charge on any atom is 0.257 e. The third kappa shape index (κ3) is 4.00. The van der Waals surface area contributed by atoms with Crippen molar-refractivity contribution in [3.63, 3.8) is 0 Å². The van der Waals surface area contributed by atoms with Crippen molar-refractivity contribution in [1.82, 2.24) is 10.2 Å². The molecule has 0 bridgehead atoms. The van der Waals surface area contributed by atoms with Gasteiger partial charge in [-0.25, -0.2) is 0 Å². The van der Waals surface area contributed by atoms with E-state index in [9.17, 15) is 0 Å². The summed E-state index contributed by atoms with van der Waals surface area (Å²) in [6.07, 6.45) is -0.519. The van der Waals surface area contributed by atoms with Gasteiger partial charge >= 0.3 is 0 Å². The predicted molar refractivity (Wildman–Crippen MR) is 96.8 cm³/mol. The van der Waals surface area contributed by atoms with Gasteiger partial charge in [-0.2, -0.15) is 0 Å². The van der Waals surface area contributed by atoms with Gasteiger partial charge in [-0.3, -0.25) is 0 Å². The summed E-state index contributed by atoms with van der Waals surface area (Å²) in [7, 11) is 1.60. The predicted octanol–water partition coefficient (Wildman–Crippen LogP) is 5.85. The molecule has 0 aliphatic rings. The van der Waals surface area contributed by atoms with E-state index in [0.717, 1.165) is 11.3 Å². The van der Waals surface area contributed by atoms with Gasteiger partial charge in [-0.1, -0.05) is 34.8 Å². The third-order valence-electron chi connectivity index (χ3n) is 3.40. The molecule has 0 aliphatic carbocycles. The lowest BCUT2D eigenvalue weighted by Gasteiger charge is -2.13. The highest BCUT2D eigenvalue weighted by molar-refractivity contribution is 6.43. The van der Waals surface area contributed by atoms with E-state index < -0.39 is 6.10 Å². The summed E-state index contributed by atoms with van der Waals surface area (Å²) in [5, 5.41) is 9.11. The van der Waals surface area contributed by atoms with Gasteiger partial charge in [0.25, 0.3) is 5.89 Å². The van der Waals surface area contributed by atoms with Gasteiger partial charge < -0.3 is 13.9 Å². The summed E-state index contributed by atoms with van der Waals surface area (Å²) in [6, 6.07) is 10.4. The maximum atomic E-state index is 6.12. The minimum absolute atomic E-state index is 0.313. The van der Waals surface area contributed by atoms with Crippen molar-refractivity contribution in [3.8, 4) is 23.0 Å². The van der Waals surface area contributed by atoms with Crippen LogP contribution in [0.15, 0.2) is 40.8 Å². The fourth-order valence-corrected chi connectivity index (χ4v) is 2.67. The molecule has 3 aromatic rings. The molecule has 25 heavy (non-hydrogen) atoms. The van der Waals surface area contributed by atoms with Crippen LogP contribution >= 0.6 is 34.8 Å². The van der Waals surface area contributed by atoms with Crippen molar-refractivity contribution < 1.29 is 13.9 Å². The highest BCUT2D eigenvalue weighted by atomic mass is 35.5. The fourth-order valence-electron chi connectivity index (χ4n) is 2.08. The second-order valence-electron chi connectivity index (χ2n) is 5.13. The van der Waals surface area contributed by atoms with Crippen molar-refractivity contribution in [2.45, 2.75) is 13.0 Å². The largest absolute Gasteiger partial charge is 0.497 e. The van der Waals surface area contributed by atoms with Crippen molar-refractivity contribution in [2.24, 2.45) is 0 Å². The molecule has 0 amide bonds. The summed E-state index contributed by atoms with van der Waals surface area (Å²) >= 11 is 18.0. The van der Waals surface area contributed by atoms with Gasteiger partial charge in [-0.15, -0.1) is 10.2 Å². The summed E-state index contributed by atoms with van der Waals surface area (Å²) in [5.74, 6) is 1.82. The molecule has 130 valence electrons. The fraction of sp³-hybridized carbons (Fsp3) is 0.176. The lowest BCUT2D eigenvalue weighted by atomic mass is 10.2. The first kappa shape index (κ1) is 17.9. The Morgan fingerprint density at radius 3 is 2.32 bits per heavy atom. The van der Waals surface area contributed by atoms with Gasteiger partial charge in [0, 0.05) is 11.6 Å². The molecule has 1 aromatic heterocycles. The SMILES string of the molecule is COc1ccc(-c2nnc([C@H](C)Oc3cc(Cl)c(Cl)cc3Cl)o2)cc1. The first-order valence-electron chi connectivity index (χ1n) is 7.27. The maximum absolute atomic E-state index is 6.12. The molecule has 0 radical (unpaired) electrons. The number of aromatic nitrogens is 2. The Balaban J connectivity index is 1.78. The molecule has 0 N–H and O–H groups in total.